The van der Waals surface area contributed by atoms with E-state index in [9.17, 15) is 4.79 Å². The zero-order chi connectivity index (χ0) is 17.2. The van der Waals surface area contributed by atoms with E-state index in [1.165, 1.54) is 38.5 Å². The van der Waals surface area contributed by atoms with Crippen LogP contribution in [0.4, 0.5) is 0 Å². The van der Waals surface area contributed by atoms with Crippen molar-refractivity contribution in [3.05, 3.63) is 0 Å². The second-order valence-corrected chi connectivity index (χ2v) is 6.44. The maximum absolute atomic E-state index is 11.6. The summed E-state index contributed by atoms with van der Waals surface area (Å²) >= 11 is 0. The molecule has 0 aromatic heterocycles. The summed E-state index contributed by atoms with van der Waals surface area (Å²) < 4.78 is 0. The molecule has 0 aliphatic rings. The molecular weight excluding hydrogens is 288 g/mol. The quantitative estimate of drug-likeness (QED) is 0.400. The van der Waals surface area contributed by atoms with E-state index in [0.29, 0.717) is 13.0 Å². The van der Waals surface area contributed by atoms with E-state index in [2.05, 4.69) is 24.1 Å². The molecule has 0 saturated heterocycles. The lowest BCUT2D eigenvalue weighted by Gasteiger charge is -2.20. The molecular formula is C19H40N2O2. The van der Waals surface area contributed by atoms with Crippen molar-refractivity contribution >= 4 is 5.91 Å². The van der Waals surface area contributed by atoms with Gasteiger partial charge in [0.05, 0.1) is 0 Å². The minimum atomic E-state index is 0.206. The second-order valence-electron chi connectivity index (χ2n) is 6.44. The monoisotopic (exact) mass is 328 g/mol. The van der Waals surface area contributed by atoms with Gasteiger partial charge in [0.15, 0.2) is 0 Å². The van der Waals surface area contributed by atoms with E-state index >= 15 is 0 Å². The van der Waals surface area contributed by atoms with E-state index in [0.717, 1.165) is 51.9 Å². The van der Waals surface area contributed by atoms with Crippen LogP contribution in [0.15, 0.2) is 0 Å². The summed E-state index contributed by atoms with van der Waals surface area (Å²) in [5.74, 6) is 0.206. The lowest BCUT2D eigenvalue weighted by atomic mass is 10.1. The summed E-state index contributed by atoms with van der Waals surface area (Å²) in [4.78, 5) is 14.1. The Balaban J connectivity index is 3.46. The topological polar surface area (TPSA) is 52.6 Å². The zero-order valence-corrected chi connectivity index (χ0v) is 15.6. The molecule has 0 radical (unpaired) electrons. The van der Waals surface area contributed by atoms with Crippen LogP contribution in [-0.2, 0) is 4.79 Å². The molecule has 4 heteroatoms. The van der Waals surface area contributed by atoms with Crippen LogP contribution in [0.1, 0.15) is 84.5 Å². The van der Waals surface area contributed by atoms with Crippen molar-refractivity contribution in [1.82, 2.24) is 10.2 Å². The molecule has 0 aromatic carbocycles. The highest BCUT2D eigenvalue weighted by molar-refractivity contribution is 5.75. The Kier molecular flexibility index (Phi) is 17.3. The molecule has 0 spiro atoms. The molecule has 138 valence electrons. The third-order valence-corrected chi connectivity index (χ3v) is 4.34. The Morgan fingerprint density at radius 3 is 2.13 bits per heavy atom. The van der Waals surface area contributed by atoms with E-state index in [1.54, 1.807) is 0 Å². The van der Waals surface area contributed by atoms with Gasteiger partial charge in [-0.25, -0.2) is 0 Å². The fraction of sp³-hybridized carbons (Fsp3) is 0.947. The SMILES string of the molecule is CCCCCC(=O)NCCN(CC)CCCCCCCCCO. The molecule has 0 bridgehead atoms. The first-order chi connectivity index (χ1) is 11.2. The Labute approximate surface area is 144 Å². The Hall–Kier alpha value is -0.610. The van der Waals surface area contributed by atoms with Gasteiger partial charge in [0.1, 0.15) is 0 Å². The highest BCUT2D eigenvalue weighted by Crippen LogP contribution is 2.07. The number of rotatable bonds is 17. The molecule has 0 aromatic rings. The number of carbonyl (C=O) groups is 1. The number of aliphatic hydroxyl groups excluding tert-OH is 1. The van der Waals surface area contributed by atoms with Gasteiger partial charge in [0, 0.05) is 26.1 Å². The van der Waals surface area contributed by atoms with Gasteiger partial charge in [0.25, 0.3) is 0 Å². The molecule has 23 heavy (non-hydrogen) atoms. The normalized spacial score (nSPS) is 11.1. The van der Waals surface area contributed by atoms with Crippen molar-refractivity contribution in [2.75, 3.05) is 32.8 Å². The van der Waals surface area contributed by atoms with Crippen molar-refractivity contribution in [2.45, 2.75) is 84.5 Å². The molecule has 0 aliphatic carbocycles. The first-order valence-corrected chi connectivity index (χ1v) is 9.84. The van der Waals surface area contributed by atoms with Gasteiger partial charge in [0.2, 0.25) is 5.91 Å². The maximum atomic E-state index is 11.6. The molecule has 2 N–H and O–H groups in total. The average Bonchev–Trinajstić information content (AvgIpc) is 2.55. The summed E-state index contributed by atoms with van der Waals surface area (Å²) in [6.45, 7) is 8.62. The Bertz CT molecular complexity index is 260. The van der Waals surface area contributed by atoms with Crippen LogP contribution >= 0.6 is 0 Å². The molecule has 0 saturated carbocycles. The number of unbranched alkanes of at least 4 members (excludes halogenated alkanes) is 8. The average molecular weight is 329 g/mol. The van der Waals surface area contributed by atoms with E-state index in [1.807, 2.05) is 0 Å². The van der Waals surface area contributed by atoms with Gasteiger partial charge in [-0.05, 0) is 32.4 Å². The zero-order valence-electron chi connectivity index (χ0n) is 15.6. The molecule has 0 aliphatic heterocycles. The number of amides is 1. The lowest BCUT2D eigenvalue weighted by molar-refractivity contribution is -0.121. The van der Waals surface area contributed by atoms with Crippen LogP contribution in [0.25, 0.3) is 0 Å². The van der Waals surface area contributed by atoms with Gasteiger partial charge < -0.3 is 15.3 Å². The maximum Gasteiger partial charge on any atom is 0.220 e. The number of likely N-dealkylation sites (N-methyl/N-ethyl adjacent to an activating group) is 1. The number of hydrogen-bond donors (Lipinski definition) is 2. The third kappa shape index (κ3) is 16.0. The summed E-state index contributed by atoms with van der Waals surface area (Å²) in [6.07, 6.45) is 12.5. The Morgan fingerprint density at radius 2 is 1.52 bits per heavy atom. The number of hydrogen-bond acceptors (Lipinski definition) is 3. The van der Waals surface area contributed by atoms with E-state index in [4.69, 9.17) is 5.11 Å². The van der Waals surface area contributed by atoms with E-state index < -0.39 is 0 Å². The molecule has 0 atom stereocenters. The number of nitrogens with one attached hydrogen (secondary N) is 1. The summed E-state index contributed by atoms with van der Waals surface area (Å²) in [5.41, 5.74) is 0. The minimum absolute atomic E-state index is 0.206. The Morgan fingerprint density at radius 1 is 0.870 bits per heavy atom. The molecule has 1 amide bonds. The van der Waals surface area contributed by atoms with Crippen LogP contribution in [0.5, 0.6) is 0 Å². The fourth-order valence-corrected chi connectivity index (χ4v) is 2.74. The highest BCUT2D eigenvalue weighted by Gasteiger charge is 2.04. The van der Waals surface area contributed by atoms with Crippen molar-refractivity contribution in [2.24, 2.45) is 0 Å². The van der Waals surface area contributed by atoms with Gasteiger partial charge in [-0.15, -0.1) is 0 Å². The van der Waals surface area contributed by atoms with Crippen LogP contribution < -0.4 is 5.32 Å². The van der Waals surface area contributed by atoms with E-state index in [-0.39, 0.29) is 5.91 Å². The summed E-state index contributed by atoms with van der Waals surface area (Å²) in [5, 5.41) is 11.8. The second kappa shape index (κ2) is 17.7. The number of aliphatic hydroxyl groups is 1. The molecule has 0 rings (SSSR count). The standard InChI is InChI=1S/C19H40N2O2/c1-3-5-11-14-19(23)20-15-17-21(4-2)16-12-9-7-6-8-10-13-18-22/h22H,3-18H2,1-2H3,(H,20,23). The van der Waals surface area contributed by atoms with Gasteiger partial charge in [-0.3, -0.25) is 4.79 Å². The summed E-state index contributed by atoms with van der Waals surface area (Å²) in [7, 11) is 0. The van der Waals surface area contributed by atoms with Crippen LogP contribution in [0.3, 0.4) is 0 Å². The molecule has 0 unspecified atom stereocenters. The van der Waals surface area contributed by atoms with Gasteiger partial charge in [-0.1, -0.05) is 58.8 Å². The molecule has 0 heterocycles. The van der Waals surface area contributed by atoms with Crippen LogP contribution in [-0.4, -0.2) is 48.7 Å². The van der Waals surface area contributed by atoms with Gasteiger partial charge >= 0.3 is 0 Å². The smallest absolute Gasteiger partial charge is 0.220 e. The highest BCUT2D eigenvalue weighted by atomic mass is 16.2. The first kappa shape index (κ1) is 22.4. The number of carbonyl (C=O) groups excluding carboxylic acids is 1. The minimum Gasteiger partial charge on any atom is -0.396 e. The summed E-state index contributed by atoms with van der Waals surface area (Å²) in [6, 6.07) is 0. The third-order valence-electron chi connectivity index (χ3n) is 4.34. The van der Waals surface area contributed by atoms with Crippen LogP contribution in [0.2, 0.25) is 0 Å². The largest absolute Gasteiger partial charge is 0.396 e. The van der Waals surface area contributed by atoms with Gasteiger partial charge in [-0.2, -0.15) is 0 Å². The number of nitrogens with zero attached hydrogens (tertiary/aromatic N) is 1. The molecule has 0 fully saturated rings. The predicted molar refractivity (Wildman–Crippen MR) is 98.7 cm³/mol. The van der Waals surface area contributed by atoms with Crippen molar-refractivity contribution < 1.29 is 9.90 Å². The van der Waals surface area contributed by atoms with Crippen molar-refractivity contribution in [1.29, 1.82) is 0 Å². The first-order valence-electron chi connectivity index (χ1n) is 9.84. The predicted octanol–water partition coefficient (Wildman–Crippen LogP) is 3.73. The lowest BCUT2D eigenvalue weighted by Crippen LogP contribution is -2.35. The molecule has 4 nitrogen and oxygen atoms in total. The fourth-order valence-electron chi connectivity index (χ4n) is 2.74. The van der Waals surface area contributed by atoms with Crippen molar-refractivity contribution in [3.8, 4) is 0 Å². The van der Waals surface area contributed by atoms with Crippen LogP contribution in [0, 0.1) is 0 Å². The van der Waals surface area contributed by atoms with Crippen molar-refractivity contribution in [3.63, 3.8) is 0 Å².